The Kier molecular flexibility index (Phi) is 10.9. The summed E-state index contributed by atoms with van der Waals surface area (Å²) in [6.07, 6.45) is 10.2. The fourth-order valence-electron chi connectivity index (χ4n) is 2.01. The lowest BCUT2D eigenvalue weighted by Gasteiger charge is -2.20. The Labute approximate surface area is 117 Å². The summed E-state index contributed by atoms with van der Waals surface area (Å²) >= 11 is 0. The van der Waals surface area contributed by atoms with E-state index in [0.717, 1.165) is 13.0 Å². The van der Waals surface area contributed by atoms with E-state index in [1.165, 1.54) is 59.0 Å². The number of rotatable bonds is 12. The minimum Gasteiger partial charge on any atom is -0.467 e. The molecule has 0 saturated heterocycles. The summed E-state index contributed by atoms with van der Waals surface area (Å²) < 4.78 is 4.53. The summed E-state index contributed by atoms with van der Waals surface area (Å²) in [4.78, 5) is 11.2. The molecule has 0 aromatic heterocycles. The van der Waals surface area contributed by atoms with Crippen LogP contribution >= 0.6 is 0 Å². The number of carbonyl (C=O) groups is 1. The zero-order chi connectivity index (χ0) is 14.6. The Morgan fingerprint density at radius 3 is 2.16 bits per heavy atom. The van der Waals surface area contributed by atoms with E-state index in [0.29, 0.717) is 0 Å². The van der Waals surface area contributed by atoms with Gasteiger partial charge in [-0.15, -0.1) is 0 Å². The van der Waals surface area contributed by atoms with Gasteiger partial charge in [-0.1, -0.05) is 51.9 Å². The van der Waals surface area contributed by atoms with E-state index in [1.807, 2.05) is 0 Å². The molecular weight excluding hydrogens is 242 g/mol. The van der Waals surface area contributed by atoms with Gasteiger partial charge >= 0.3 is 5.97 Å². The summed E-state index contributed by atoms with van der Waals surface area (Å²) in [5, 5.41) is 12.9. The first kappa shape index (κ1) is 18.4. The molecule has 0 radical (unpaired) electrons. The third kappa shape index (κ3) is 9.91. The standard InChI is InChI=1S/C15H31NO3/c1-4-5-6-7-8-9-10-11-12-16-13-15(2,18)14(17)19-3/h16,18H,4-13H2,1-3H3. The maximum Gasteiger partial charge on any atom is 0.338 e. The third-order valence-electron chi connectivity index (χ3n) is 3.30. The smallest absolute Gasteiger partial charge is 0.338 e. The van der Waals surface area contributed by atoms with Crippen LogP contribution in [0.4, 0.5) is 0 Å². The van der Waals surface area contributed by atoms with Crippen LogP contribution in [0, 0.1) is 0 Å². The fraction of sp³-hybridized carbons (Fsp3) is 0.933. The molecule has 0 fully saturated rings. The minimum atomic E-state index is -1.42. The van der Waals surface area contributed by atoms with E-state index in [-0.39, 0.29) is 6.54 Å². The van der Waals surface area contributed by atoms with E-state index in [4.69, 9.17) is 0 Å². The highest BCUT2D eigenvalue weighted by Crippen LogP contribution is 2.08. The van der Waals surface area contributed by atoms with Gasteiger partial charge in [0.05, 0.1) is 7.11 Å². The molecule has 0 aliphatic rings. The molecule has 2 N–H and O–H groups in total. The quantitative estimate of drug-likeness (QED) is 0.424. The largest absolute Gasteiger partial charge is 0.467 e. The lowest BCUT2D eigenvalue weighted by atomic mass is 10.1. The van der Waals surface area contributed by atoms with Crippen molar-refractivity contribution < 1.29 is 14.6 Å². The summed E-state index contributed by atoms with van der Waals surface area (Å²) in [5.74, 6) is -0.587. The van der Waals surface area contributed by atoms with Crippen molar-refractivity contribution in [2.24, 2.45) is 0 Å². The molecule has 0 aliphatic carbocycles. The maximum absolute atomic E-state index is 11.2. The number of aliphatic hydroxyl groups is 1. The molecule has 0 rings (SSSR count). The van der Waals surface area contributed by atoms with Crippen molar-refractivity contribution in [2.75, 3.05) is 20.2 Å². The van der Waals surface area contributed by atoms with Crippen molar-refractivity contribution in [1.29, 1.82) is 0 Å². The molecule has 0 amide bonds. The van der Waals surface area contributed by atoms with Crippen LogP contribution in [0.15, 0.2) is 0 Å². The second kappa shape index (κ2) is 11.2. The van der Waals surface area contributed by atoms with Crippen LogP contribution in [0.2, 0.25) is 0 Å². The normalized spacial score (nSPS) is 14.1. The predicted molar refractivity (Wildman–Crippen MR) is 78.1 cm³/mol. The first-order chi connectivity index (χ1) is 9.04. The molecule has 4 nitrogen and oxygen atoms in total. The van der Waals surface area contributed by atoms with Crippen LogP contribution in [0.1, 0.15) is 65.2 Å². The van der Waals surface area contributed by atoms with Gasteiger partial charge in [-0.05, 0) is 19.9 Å². The van der Waals surface area contributed by atoms with Crippen molar-refractivity contribution in [3.05, 3.63) is 0 Å². The zero-order valence-corrected chi connectivity index (χ0v) is 12.8. The van der Waals surface area contributed by atoms with Crippen molar-refractivity contribution in [3.8, 4) is 0 Å². The summed E-state index contributed by atoms with van der Waals surface area (Å²) in [6, 6.07) is 0. The molecule has 1 unspecified atom stereocenters. The highest BCUT2D eigenvalue weighted by Gasteiger charge is 2.30. The SMILES string of the molecule is CCCCCCCCCCNCC(C)(O)C(=O)OC. The topological polar surface area (TPSA) is 58.6 Å². The van der Waals surface area contributed by atoms with E-state index >= 15 is 0 Å². The average Bonchev–Trinajstić information content (AvgIpc) is 2.39. The Morgan fingerprint density at radius 2 is 1.63 bits per heavy atom. The van der Waals surface area contributed by atoms with Crippen LogP contribution in [0.25, 0.3) is 0 Å². The van der Waals surface area contributed by atoms with Gasteiger partial charge < -0.3 is 15.2 Å². The molecule has 4 heteroatoms. The molecule has 1 atom stereocenters. The van der Waals surface area contributed by atoms with Gasteiger partial charge in [0.25, 0.3) is 0 Å². The molecule has 0 aliphatic heterocycles. The van der Waals surface area contributed by atoms with E-state index in [1.54, 1.807) is 0 Å². The van der Waals surface area contributed by atoms with E-state index < -0.39 is 11.6 Å². The second-order valence-corrected chi connectivity index (χ2v) is 5.42. The second-order valence-electron chi connectivity index (χ2n) is 5.42. The molecule has 0 aromatic carbocycles. The summed E-state index contributed by atoms with van der Waals surface area (Å²) in [7, 11) is 1.29. The number of hydrogen-bond donors (Lipinski definition) is 2. The van der Waals surface area contributed by atoms with Crippen LogP contribution in [0.3, 0.4) is 0 Å². The molecule has 0 bridgehead atoms. The first-order valence-corrected chi connectivity index (χ1v) is 7.56. The number of methoxy groups -OCH3 is 1. The number of unbranched alkanes of at least 4 members (excludes halogenated alkanes) is 7. The van der Waals surface area contributed by atoms with Crippen LogP contribution < -0.4 is 5.32 Å². The predicted octanol–water partition coefficient (Wildman–Crippen LogP) is 2.64. The molecule has 114 valence electrons. The van der Waals surface area contributed by atoms with Gasteiger partial charge in [-0.3, -0.25) is 0 Å². The monoisotopic (exact) mass is 273 g/mol. The van der Waals surface area contributed by atoms with Crippen molar-refractivity contribution in [3.63, 3.8) is 0 Å². The van der Waals surface area contributed by atoms with Gasteiger partial charge in [0.1, 0.15) is 0 Å². The van der Waals surface area contributed by atoms with Crippen molar-refractivity contribution >= 4 is 5.97 Å². The van der Waals surface area contributed by atoms with Gasteiger partial charge in [-0.25, -0.2) is 4.79 Å². The average molecular weight is 273 g/mol. The van der Waals surface area contributed by atoms with Crippen LogP contribution in [-0.4, -0.2) is 36.9 Å². The fourth-order valence-corrected chi connectivity index (χ4v) is 2.01. The molecular formula is C15H31NO3. The minimum absolute atomic E-state index is 0.246. The van der Waals surface area contributed by atoms with E-state index in [2.05, 4.69) is 17.0 Å². The zero-order valence-electron chi connectivity index (χ0n) is 12.8. The summed E-state index contributed by atoms with van der Waals surface area (Å²) in [6.45, 7) is 4.78. The van der Waals surface area contributed by atoms with Gasteiger partial charge in [0.2, 0.25) is 0 Å². The summed E-state index contributed by atoms with van der Waals surface area (Å²) in [5.41, 5.74) is -1.42. The van der Waals surface area contributed by atoms with Gasteiger partial charge in [-0.2, -0.15) is 0 Å². The Balaban J connectivity index is 3.33. The number of esters is 1. The highest BCUT2D eigenvalue weighted by molar-refractivity contribution is 5.78. The number of carbonyl (C=O) groups excluding carboxylic acids is 1. The lowest BCUT2D eigenvalue weighted by molar-refractivity contribution is -0.159. The number of ether oxygens (including phenoxy) is 1. The van der Waals surface area contributed by atoms with Gasteiger partial charge in [0, 0.05) is 6.54 Å². The Bertz CT molecular complexity index is 229. The Morgan fingerprint density at radius 1 is 1.11 bits per heavy atom. The molecule has 0 spiro atoms. The number of nitrogens with one attached hydrogen (secondary N) is 1. The molecule has 0 aromatic rings. The Hall–Kier alpha value is -0.610. The molecule has 0 heterocycles. The van der Waals surface area contributed by atoms with Crippen molar-refractivity contribution in [2.45, 2.75) is 70.8 Å². The molecule has 19 heavy (non-hydrogen) atoms. The van der Waals surface area contributed by atoms with Crippen LogP contribution in [-0.2, 0) is 9.53 Å². The third-order valence-corrected chi connectivity index (χ3v) is 3.30. The highest BCUT2D eigenvalue weighted by atomic mass is 16.5. The maximum atomic E-state index is 11.2. The number of hydrogen-bond acceptors (Lipinski definition) is 4. The van der Waals surface area contributed by atoms with Gasteiger partial charge in [0.15, 0.2) is 5.60 Å². The first-order valence-electron chi connectivity index (χ1n) is 7.56. The van der Waals surface area contributed by atoms with E-state index in [9.17, 15) is 9.90 Å². The lowest BCUT2D eigenvalue weighted by Crippen LogP contribution is -2.45. The van der Waals surface area contributed by atoms with Crippen molar-refractivity contribution in [1.82, 2.24) is 5.32 Å². The van der Waals surface area contributed by atoms with Crippen LogP contribution in [0.5, 0.6) is 0 Å². The molecule has 0 saturated carbocycles.